The Balaban J connectivity index is -0.00000141. The van der Waals surface area contributed by atoms with Gasteiger partial charge in [0.25, 0.3) is 0 Å². The summed E-state index contributed by atoms with van der Waals surface area (Å²) in [5.41, 5.74) is 10.6. The zero-order valence-corrected chi connectivity index (χ0v) is 92.4. The van der Waals surface area contributed by atoms with Gasteiger partial charge in [-0.25, -0.2) is 19.9 Å². The number of hydrogen-bond acceptors (Lipinski definition) is 18. The molecule has 139 heavy (non-hydrogen) atoms. The van der Waals surface area contributed by atoms with Crippen LogP contribution in [-0.4, -0.2) is 59.9 Å². The number of fused-ring (bicyclic) bond motifs is 8. The molecule has 12 heterocycles. The van der Waals surface area contributed by atoms with E-state index >= 15 is 0 Å². The first-order valence-corrected chi connectivity index (χ1v) is 50.2. The third-order valence-electron chi connectivity index (χ3n) is 12.6. The highest BCUT2D eigenvalue weighted by Crippen LogP contribution is 2.22. The molecule has 21 heteroatoms. The summed E-state index contributed by atoms with van der Waals surface area (Å²) in [6.07, 6.45) is 22.8. The van der Waals surface area contributed by atoms with Crippen LogP contribution in [0.4, 0.5) is 0 Å². The van der Waals surface area contributed by atoms with Gasteiger partial charge in [0.2, 0.25) is 0 Å². The Bertz CT molecular complexity index is 4580. The fourth-order valence-corrected chi connectivity index (χ4v) is 9.10. The van der Waals surface area contributed by atoms with Gasteiger partial charge in [0.1, 0.15) is 47.2 Å². The van der Waals surface area contributed by atoms with Crippen molar-refractivity contribution in [1.82, 2.24) is 59.9 Å². The Morgan fingerprint density at radius 2 is 0.791 bits per heavy atom. The van der Waals surface area contributed by atoms with Crippen molar-refractivity contribution in [2.45, 2.75) is 248 Å². The molecule has 0 atom stereocenters. The number of aromatic amines is 3. The van der Waals surface area contributed by atoms with Crippen LogP contribution in [-0.2, 0) is 0 Å². The Morgan fingerprint density at radius 1 is 0.324 bits per heavy atom. The lowest BCUT2D eigenvalue weighted by Crippen LogP contribution is -1.84. The SMILES string of the molecule is CC(C)C.CC(C)C.CC(C)C.CC(C)C.CC(C)C.CC(C)C.CC(C)C.CC(C)C.CC(C)C.CC(C)C.CC(C)C.CC(C)c1nc2ccccc2o1.c1ccc2[nH]ccc2c1.c1ccc2[nH]cnc2c1.c1ccc2[nH]ncc2c1.c1ccc2nocc2c1.c1ccc2occc2c1.c1ccc2oncc2c1.c1ccc2sccc2c1.c1ccoc1.c1cnoc1.c1cocn1.c1ncsn1. The molecule has 20 aromatic rings. The van der Waals surface area contributed by atoms with Crippen molar-refractivity contribution >= 4 is 110 Å². The van der Waals surface area contributed by atoms with Crippen LogP contribution in [0.3, 0.4) is 0 Å². The topological polar surface area (TPSA) is 255 Å². The molecule has 12 aromatic heterocycles. The van der Waals surface area contributed by atoms with Crippen molar-refractivity contribution in [3.63, 3.8) is 0 Å². The number of imidazole rings is 1. The molecular weight excluding hydrogens is 1760 g/mol. The number of thiophene rings is 1. The van der Waals surface area contributed by atoms with Crippen molar-refractivity contribution in [3.8, 4) is 0 Å². The van der Waals surface area contributed by atoms with E-state index in [9.17, 15) is 0 Å². The molecule has 3 N–H and O–H groups in total. The van der Waals surface area contributed by atoms with Crippen LogP contribution in [0.5, 0.6) is 0 Å². The fraction of sp³-hybridized carbons (Fsp3) is 0.398. The maximum absolute atomic E-state index is 5.52. The zero-order chi connectivity index (χ0) is 105. The van der Waals surface area contributed by atoms with Crippen molar-refractivity contribution in [3.05, 3.63) is 335 Å². The number of nitrogens with one attached hydrogen (secondary N) is 3. The molecule has 19 nitrogen and oxygen atoms in total. The molecule has 0 aliphatic heterocycles. The normalized spacial score (nSPS) is 9.60. The van der Waals surface area contributed by atoms with Crippen molar-refractivity contribution in [2.24, 2.45) is 65.1 Å². The van der Waals surface area contributed by atoms with Gasteiger partial charge in [-0.15, -0.1) is 11.3 Å². The number of rotatable bonds is 1. The van der Waals surface area contributed by atoms with Gasteiger partial charge in [-0.2, -0.15) is 9.47 Å². The van der Waals surface area contributed by atoms with E-state index in [-0.39, 0.29) is 0 Å². The van der Waals surface area contributed by atoms with Crippen molar-refractivity contribution in [1.29, 1.82) is 0 Å². The largest absolute Gasteiger partial charge is 0.473 e. The average molecular weight is 1940 g/mol. The van der Waals surface area contributed by atoms with Gasteiger partial charge in [-0.05, 0) is 202 Å². The van der Waals surface area contributed by atoms with E-state index in [0.29, 0.717) is 5.92 Å². The molecule has 0 spiro atoms. The van der Waals surface area contributed by atoms with E-state index in [1.54, 1.807) is 72.9 Å². The molecule has 8 aromatic carbocycles. The summed E-state index contributed by atoms with van der Waals surface area (Å²) >= 11 is 3.14. The second-order valence-electron chi connectivity index (χ2n) is 38.6. The minimum Gasteiger partial charge on any atom is -0.473 e. The van der Waals surface area contributed by atoms with Gasteiger partial charge in [-0.1, -0.05) is 379 Å². The molecule has 0 saturated heterocycles. The second-order valence-corrected chi connectivity index (χ2v) is 40.1. The number of furan rings is 2. The summed E-state index contributed by atoms with van der Waals surface area (Å²) in [7, 11) is 0. The number of para-hydroxylation sites is 8. The molecule has 0 radical (unpaired) electrons. The van der Waals surface area contributed by atoms with Gasteiger partial charge >= 0.3 is 0 Å². The molecule has 0 fully saturated rings. The van der Waals surface area contributed by atoms with Crippen molar-refractivity contribution in [2.75, 3.05) is 0 Å². The van der Waals surface area contributed by atoms with E-state index in [4.69, 9.17) is 17.9 Å². The molecule has 0 aliphatic carbocycles. The van der Waals surface area contributed by atoms with Crippen LogP contribution in [0.2, 0.25) is 0 Å². The smallest absolute Gasteiger partial charge is 0.198 e. The van der Waals surface area contributed by atoms with Gasteiger partial charge in [0.05, 0.1) is 66.5 Å². The lowest BCUT2D eigenvalue weighted by atomic mass is 10.2. The van der Waals surface area contributed by atoms with Crippen molar-refractivity contribution < 1.29 is 31.2 Å². The fourth-order valence-electron chi connectivity index (χ4n) is 8.04. The first-order chi connectivity index (χ1) is 66.1. The molecule has 20 rings (SSSR count). The molecule has 0 unspecified atom stereocenters. The summed E-state index contributed by atoms with van der Waals surface area (Å²) in [4.78, 5) is 21.7. The van der Waals surface area contributed by atoms with E-state index in [0.717, 1.165) is 137 Å². The minimum absolute atomic E-state index is 0.359. The number of hydrogen-bond donors (Lipinski definition) is 3. The molecule has 0 amide bonds. The number of H-pyrrole nitrogens is 3. The molecular formula is C118H174N12O7S2. The Kier molecular flexibility index (Phi) is 81.7. The third kappa shape index (κ3) is 85.6. The van der Waals surface area contributed by atoms with E-state index in [2.05, 4.69) is 370 Å². The Hall–Kier alpha value is -12.6. The summed E-state index contributed by atoms with van der Waals surface area (Å²) in [6, 6.07) is 75.4. The maximum Gasteiger partial charge on any atom is 0.198 e. The lowest BCUT2D eigenvalue weighted by molar-refractivity contribution is 0.420. The average Bonchev–Trinajstić information content (AvgIpc) is 1.69. The summed E-state index contributed by atoms with van der Waals surface area (Å²) in [5.74, 6) is 10.3. The standard InChI is InChI=1S/C10H11NO.C8H7N.C8H6O.C8H6S.2C7H6N2.2C7H5NO.C4H4O.11C4H10.2C3H3NO.C2H2N2S/c1-7(2)10-11-8-5-3-4-6-9(8)12-10;3*1-2-4-8-7(3-1)5-6-9-8;1-2-4-7-6(3-1)8-5-9-7;1-2-4-7-6(3-1)5-8-9-7;1-2-4-7-6(3-1)5-9-8-7;1-2-4-7-6(3-1)5-8-9-7;1-2-4-5-3-1;11*1-4(2)3;1-2-5-3-4-1;1-2-4-5-3-1;1-3-2-5-4-1/h3-7H,1-2H3;1-6,9H;2*1-6H;2*1-5H,(H,8,9);2*1-5H;1-4H;11*4H,1-3H3;2*1-3H;1-2H. The van der Waals surface area contributed by atoms with Gasteiger partial charge in [0, 0.05) is 43.9 Å². The first-order valence-electron chi connectivity index (χ1n) is 48.5. The summed E-state index contributed by atoms with van der Waals surface area (Å²) < 4.78 is 38.6. The van der Waals surface area contributed by atoms with Crippen LogP contribution in [0.15, 0.2) is 360 Å². The summed E-state index contributed by atoms with van der Waals surface area (Å²) in [5, 5.41) is 26.6. The molecule has 760 valence electrons. The van der Waals surface area contributed by atoms with Crippen LogP contribution < -0.4 is 0 Å². The second kappa shape index (κ2) is 87.0. The van der Waals surface area contributed by atoms with Crippen LogP contribution in [0, 0.1) is 65.1 Å². The predicted molar refractivity (Wildman–Crippen MR) is 602 cm³/mol. The van der Waals surface area contributed by atoms with Gasteiger partial charge in [-0.3, -0.25) is 5.10 Å². The highest BCUT2D eigenvalue weighted by molar-refractivity contribution is 7.17. The molecule has 0 saturated carbocycles. The molecule has 0 aliphatic rings. The lowest BCUT2D eigenvalue weighted by Gasteiger charge is -1.93. The third-order valence-corrected chi connectivity index (χ3v) is 13.9. The van der Waals surface area contributed by atoms with E-state index < -0.39 is 0 Å². The predicted octanol–water partition coefficient (Wildman–Crippen LogP) is 38.7. The Morgan fingerprint density at radius 3 is 1.20 bits per heavy atom. The summed E-state index contributed by atoms with van der Waals surface area (Å²) in [6.45, 7) is 75.6. The van der Waals surface area contributed by atoms with E-state index in [1.165, 1.54) is 57.8 Å². The highest BCUT2D eigenvalue weighted by atomic mass is 32.1. The minimum atomic E-state index is 0.359. The monoisotopic (exact) mass is 1940 g/mol. The molecule has 0 bridgehead atoms. The van der Waals surface area contributed by atoms with E-state index in [1.807, 2.05) is 188 Å². The first kappa shape index (κ1) is 131. The van der Waals surface area contributed by atoms with Crippen LogP contribution in [0.25, 0.3) is 86.9 Å². The van der Waals surface area contributed by atoms with Crippen LogP contribution in [0.1, 0.15) is 254 Å². The highest BCUT2D eigenvalue weighted by Gasteiger charge is 2.08. The number of nitrogens with zero attached hydrogens (tertiary/aromatic N) is 9. The Labute approximate surface area is 843 Å². The maximum atomic E-state index is 5.52. The van der Waals surface area contributed by atoms with Gasteiger partial charge < -0.3 is 41.2 Å². The number of benzene rings is 8. The number of aromatic nitrogens is 12. The van der Waals surface area contributed by atoms with Crippen LogP contribution >= 0.6 is 22.9 Å². The number of oxazole rings is 2. The quantitative estimate of drug-likeness (QED) is 0.138. The van der Waals surface area contributed by atoms with Gasteiger partial charge in [0.15, 0.2) is 23.5 Å². The zero-order valence-electron chi connectivity index (χ0n) is 90.8.